The maximum absolute atomic E-state index is 13.0. The van der Waals surface area contributed by atoms with Crippen molar-refractivity contribution in [3.8, 4) is 0 Å². The van der Waals surface area contributed by atoms with Gasteiger partial charge in [0, 0.05) is 37.2 Å². The Hall–Kier alpha value is -2.53. The van der Waals surface area contributed by atoms with E-state index in [1.807, 2.05) is 24.3 Å². The number of H-pyrrole nitrogens is 1. The Morgan fingerprint density at radius 3 is 2.30 bits per heavy atom. The van der Waals surface area contributed by atoms with E-state index in [-0.39, 0.29) is 17.5 Å². The molecule has 3 aromatic rings. The number of hydrogen-bond acceptors (Lipinski definition) is 2. The van der Waals surface area contributed by atoms with Gasteiger partial charge in [0.2, 0.25) is 0 Å². The summed E-state index contributed by atoms with van der Waals surface area (Å²) in [5, 5.41) is 6.68. The number of rotatable bonds is 6. The highest BCUT2D eigenvalue weighted by molar-refractivity contribution is 5.29. The van der Waals surface area contributed by atoms with Crippen LogP contribution in [0.1, 0.15) is 40.8 Å². The molecule has 0 unspecified atom stereocenters. The molecule has 0 radical (unpaired) electrons. The van der Waals surface area contributed by atoms with Crippen LogP contribution in [-0.4, -0.2) is 34.7 Å². The number of benzene rings is 2. The van der Waals surface area contributed by atoms with Gasteiger partial charge in [0.05, 0.1) is 0 Å². The van der Waals surface area contributed by atoms with Crippen molar-refractivity contribution < 1.29 is 8.78 Å². The molecule has 2 aromatic carbocycles. The fraction of sp³-hybridized carbons (Fsp3) is 0.318. The predicted molar refractivity (Wildman–Crippen MR) is 102 cm³/mol. The number of alkyl halides is 2. The van der Waals surface area contributed by atoms with E-state index in [2.05, 4.69) is 51.5 Å². The van der Waals surface area contributed by atoms with Crippen LogP contribution in [-0.2, 0) is 6.42 Å². The van der Waals surface area contributed by atoms with Gasteiger partial charge in [-0.25, -0.2) is 8.78 Å². The second-order valence-electron chi connectivity index (χ2n) is 7.17. The zero-order valence-corrected chi connectivity index (χ0v) is 15.1. The van der Waals surface area contributed by atoms with E-state index in [0.29, 0.717) is 0 Å². The van der Waals surface area contributed by atoms with E-state index in [0.717, 1.165) is 31.7 Å². The summed E-state index contributed by atoms with van der Waals surface area (Å²) in [5.41, 5.74) is 3.21. The normalized spacial score (nSPS) is 20.4. The van der Waals surface area contributed by atoms with Crippen LogP contribution in [0.15, 0.2) is 66.7 Å². The number of nitrogens with one attached hydrogen (secondary N) is 1. The van der Waals surface area contributed by atoms with Crippen LogP contribution in [0.2, 0.25) is 0 Å². The quantitative estimate of drug-likeness (QED) is 0.680. The SMILES string of the molecule is FC(F)c1cc([C@H]2CN(CCc3ccccc3)C[C@@H]2c2ccccc2)[nH]n1. The Kier molecular flexibility index (Phi) is 5.30. The largest absolute Gasteiger partial charge is 0.302 e. The average Bonchev–Trinajstić information content (AvgIpc) is 3.35. The second-order valence-corrected chi connectivity index (χ2v) is 7.17. The molecule has 2 atom stereocenters. The second kappa shape index (κ2) is 8.01. The van der Waals surface area contributed by atoms with Crippen molar-refractivity contribution in [3.05, 3.63) is 89.2 Å². The van der Waals surface area contributed by atoms with Gasteiger partial charge in [0.15, 0.2) is 0 Å². The molecule has 1 aliphatic rings. The van der Waals surface area contributed by atoms with Gasteiger partial charge in [-0.3, -0.25) is 5.10 Å². The standard InChI is InChI=1S/C22H23F2N3/c23-22(24)21-13-20(25-26-21)19-15-27(12-11-16-7-3-1-4-8-16)14-18(19)17-9-5-2-6-10-17/h1-10,13,18-19,22H,11-12,14-15H2,(H,25,26)/t18-,19+/m1/s1. The molecule has 0 saturated carbocycles. The smallest absolute Gasteiger partial charge is 0.282 e. The number of halogens is 2. The summed E-state index contributed by atoms with van der Waals surface area (Å²) in [4.78, 5) is 2.43. The highest BCUT2D eigenvalue weighted by atomic mass is 19.3. The average molecular weight is 367 g/mol. The van der Waals surface area contributed by atoms with Crippen LogP contribution < -0.4 is 0 Å². The lowest BCUT2D eigenvalue weighted by atomic mass is 9.87. The first-order valence-corrected chi connectivity index (χ1v) is 9.35. The highest BCUT2D eigenvalue weighted by Crippen LogP contribution is 2.39. The monoisotopic (exact) mass is 367 g/mol. The first-order valence-electron chi connectivity index (χ1n) is 9.35. The summed E-state index contributed by atoms with van der Waals surface area (Å²) in [6.07, 6.45) is -1.55. The molecule has 5 heteroatoms. The van der Waals surface area contributed by atoms with E-state index >= 15 is 0 Å². The van der Waals surface area contributed by atoms with Crippen molar-refractivity contribution in [2.24, 2.45) is 0 Å². The summed E-state index contributed by atoms with van der Waals surface area (Å²) in [6, 6.07) is 22.3. The number of aromatic amines is 1. The molecular formula is C22H23F2N3. The van der Waals surface area contributed by atoms with Gasteiger partial charge in [0.1, 0.15) is 5.69 Å². The van der Waals surface area contributed by atoms with Crippen LogP contribution in [0, 0.1) is 0 Å². The number of nitrogens with zero attached hydrogens (tertiary/aromatic N) is 2. The van der Waals surface area contributed by atoms with Gasteiger partial charge in [0.25, 0.3) is 6.43 Å². The Morgan fingerprint density at radius 1 is 0.963 bits per heavy atom. The number of aromatic nitrogens is 2. The Balaban J connectivity index is 1.53. The lowest BCUT2D eigenvalue weighted by Gasteiger charge is -2.17. The van der Waals surface area contributed by atoms with E-state index < -0.39 is 6.43 Å². The summed E-state index contributed by atoms with van der Waals surface area (Å²) < 4.78 is 26.0. The predicted octanol–water partition coefficient (Wildman–Crippen LogP) is 4.77. The van der Waals surface area contributed by atoms with E-state index in [4.69, 9.17) is 0 Å². The van der Waals surface area contributed by atoms with Crippen molar-refractivity contribution >= 4 is 0 Å². The van der Waals surface area contributed by atoms with E-state index in [1.54, 1.807) is 0 Å². The molecule has 1 N–H and O–H groups in total. The third kappa shape index (κ3) is 4.08. The van der Waals surface area contributed by atoms with Crippen molar-refractivity contribution in [2.75, 3.05) is 19.6 Å². The van der Waals surface area contributed by atoms with Crippen molar-refractivity contribution in [3.63, 3.8) is 0 Å². The third-order valence-electron chi connectivity index (χ3n) is 5.42. The molecule has 2 heterocycles. The molecule has 27 heavy (non-hydrogen) atoms. The van der Waals surface area contributed by atoms with Gasteiger partial charge < -0.3 is 4.90 Å². The van der Waals surface area contributed by atoms with Gasteiger partial charge in [-0.05, 0) is 23.6 Å². The van der Waals surface area contributed by atoms with Gasteiger partial charge >= 0.3 is 0 Å². The minimum Gasteiger partial charge on any atom is -0.302 e. The Labute approximate surface area is 158 Å². The molecule has 140 valence electrons. The minimum absolute atomic E-state index is 0.142. The molecule has 1 fully saturated rings. The maximum atomic E-state index is 13.0. The third-order valence-corrected chi connectivity index (χ3v) is 5.42. The van der Waals surface area contributed by atoms with Crippen molar-refractivity contribution in [2.45, 2.75) is 24.7 Å². The molecule has 0 bridgehead atoms. The van der Waals surface area contributed by atoms with E-state index in [9.17, 15) is 8.78 Å². The summed E-state index contributed by atoms with van der Waals surface area (Å²) >= 11 is 0. The molecule has 1 aromatic heterocycles. The summed E-state index contributed by atoms with van der Waals surface area (Å²) in [6.45, 7) is 2.72. The lowest BCUT2D eigenvalue weighted by molar-refractivity contribution is 0.146. The van der Waals surface area contributed by atoms with Crippen LogP contribution in [0.5, 0.6) is 0 Å². The molecule has 0 amide bonds. The molecule has 1 aliphatic heterocycles. The van der Waals surface area contributed by atoms with Crippen LogP contribution in [0.4, 0.5) is 8.78 Å². The number of hydrogen-bond donors (Lipinski definition) is 1. The molecule has 4 rings (SSSR count). The zero-order valence-electron chi connectivity index (χ0n) is 15.1. The Morgan fingerprint density at radius 2 is 1.63 bits per heavy atom. The fourth-order valence-corrected chi connectivity index (χ4v) is 4.01. The summed E-state index contributed by atoms with van der Waals surface area (Å²) in [5.74, 6) is 0.413. The van der Waals surface area contributed by atoms with Crippen LogP contribution in [0.3, 0.4) is 0 Å². The molecular weight excluding hydrogens is 344 g/mol. The molecule has 1 saturated heterocycles. The first-order chi connectivity index (χ1) is 13.2. The first kappa shape index (κ1) is 17.9. The lowest BCUT2D eigenvalue weighted by Crippen LogP contribution is -2.23. The van der Waals surface area contributed by atoms with Gasteiger partial charge in [-0.2, -0.15) is 5.10 Å². The Bertz CT molecular complexity index is 848. The van der Waals surface area contributed by atoms with Gasteiger partial charge in [-0.1, -0.05) is 60.7 Å². The summed E-state index contributed by atoms with van der Waals surface area (Å²) in [7, 11) is 0. The zero-order chi connectivity index (χ0) is 18.6. The van der Waals surface area contributed by atoms with Crippen LogP contribution in [0.25, 0.3) is 0 Å². The van der Waals surface area contributed by atoms with Crippen LogP contribution >= 0.6 is 0 Å². The molecule has 0 spiro atoms. The topological polar surface area (TPSA) is 31.9 Å². The molecule has 3 nitrogen and oxygen atoms in total. The minimum atomic E-state index is -2.54. The molecule has 0 aliphatic carbocycles. The maximum Gasteiger partial charge on any atom is 0.282 e. The fourth-order valence-electron chi connectivity index (χ4n) is 4.01. The van der Waals surface area contributed by atoms with Crippen molar-refractivity contribution in [1.82, 2.24) is 15.1 Å². The van der Waals surface area contributed by atoms with E-state index in [1.165, 1.54) is 17.2 Å². The van der Waals surface area contributed by atoms with Crippen molar-refractivity contribution in [1.29, 1.82) is 0 Å². The highest BCUT2D eigenvalue weighted by Gasteiger charge is 2.36. The number of likely N-dealkylation sites (tertiary alicyclic amines) is 1. The van der Waals surface area contributed by atoms with Gasteiger partial charge in [-0.15, -0.1) is 0 Å².